The second-order valence-electron chi connectivity index (χ2n) is 3.21. The standard InChI is InChI=1S/C11H8N2O3/c1-7-4-8(2-3-12-7)11-13-9(6-16-11)10(15)5-14/h2-6H,1H3. The molecule has 2 aromatic rings. The highest BCUT2D eigenvalue weighted by Crippen LogP contribution is 2.18. The van der Waals surface area contributed by atoms with E-state index < -0.39 is 5.78 Å². The fourth-order valence-corrected chi connectivity index (χ4v) is 1.26. The van der Waals surface area contributed by atoms with Crippen molar-refractivity contribution in [2.45, 2.75) is 6.92 Å². The van der Waals surface area contributed by atoms with E-state index in [9.17, 15) is 9.59 Å². The molecule has 0 fully saturated rings. The Morgan fingerprint density at radius 2 is 2.31 bits per heavy atom. The molecule has 0 aliphatic heterocycles. The van der Waals surface area contributed by atoms with Crippen LogP contribution in [0.15, 0.2) is 29.0 Å². The van der Waals surface area contributed by atoms with Crippen molar-refractivity contribution in [1.82, 2.24) is 9.97 Å². The maximum atomic E-state index is 11.0. The van der Waals surface area contributed by atoms with Crippen molar-refractivity contribution < 1.29 is 14.0 Å². The fourth-order valence-electron chi connectivity index (χ4n) is 1.26. The average molecular weight is 216 g/mol. The Morgan fingerprint density at radius 1 is 1.50 bits per heavy atom. The molecule has 0 radical (unpaired) electrons. The Balaban J connectivity index is 2.38. The van der Waals surface area contributed by atoms with Gasteiger partial charge in [-0.1, -0.05) is 0 Å². The smallest absolute Gasteiger partial charge is 0.246 e. The molecule has 0 amide bonds. The van der Waals surface area contributed by atoms with Crippen molar-refractivity contribution in [3.05, 3.63) is 36.0 Å². The number of carbonyl (C=O) groups is 2. The van der Waals surface area contributed by atoms with Gasteiger partial charge in [0.05, 0.1) is 0 Å². The van der Waals surface area contributed by atoms with Gasteiger partial charge in [0.15, 0.2) is 12.0 Å². The minimum Gasteiger partial charge on any atom is -0.444 e. The van der Waals surface area contributed by atoms with Crippen LogP contribution in [0.4, 0.5) is 0 Å². The first-order chi connectivity index (χ1) is 7.70. The van der Waals surface area contributed by atoms with Crippen LogP contribution in [0, 0.1) is 6.92 Å². The first-order valence-electron chi connectivity index (χ1n) is 4.59. The van der Waals surface area contributed by atoms with Gasteiger partial charge in [0.25, 0.3) is 0 Å². The van der Waals surface area contributed by atoms with Crippen molar-refractivity contribution in [2.75, 3.05) is 0 Å². The number of nitrogens with zero attached hydrogens (tertiary/aromatic N) is 2. The van der Waals surface area contributed by atoms with E-state index in [0.29, 0.717) is 5.89 Å². The lowest BCUT2D eigenvalue weighted by atomic mass is 10.2. The molecule has 0 aromatic carbocycles. The van der Waals surface area contributed by atoms with Crippen LogP contribution >= 0.6 is 0 Å². The molecule has 2 heterocycles. The normalized spacial score (nSPS) is 10.1. The van der Waals surface area contributed by atoms with Crippen LogP contribution in [0.2, 0.25) is 0 Å². The first kappa shape index (κ1) is 10.2. The minimum atomic E-state index is -0.694. The first-order valence-corrected chi connectivity index (χ1v) is 4.59. The maximum Gasteiger partial charge on any atom is 0.246 e. The summed E-state index contributed by atoms with van der Waals surface area (Å²) in [6.45, 7) is 1.84. The van der Waals surface area contributed by atoms with Gasteiger partial charge in [0.2, 0.25) is 11.7 Å². The quantitative estimate of drug-likeness (QED) is 0.440. The molecule has 0 saturated carbocycles. The summed E-state index contributed by atoms with van der Waals surface area (Å²) >= 11 is 0. The molecule has 0 saturated heterocycles. The Morgan fingerprint density at radius 3 is 3.00 bits per heavy atom. The second kappa shape index (κ2) is 4.06. The fraction of sp³-hybridized carbons (Fsp3) is 0.0909. The summed E-state index contributed by atoms with van der Waals surface area (Å²) in [6.07, 6.45) is 3.00. The zero-order valence-corrected chi connectivity index (χ0v) is 8.51. The SMILES string of the molecule is Cc1cc(-c2nc(C(=O)C=O)co2)ccn1. The highest BCUT2D eigenvalue weighted by atomic mass is 16.3. The Hall–Kier alpha value is -2.30. The summed E-state index contributed by atoms with van der Waals surface area (Å²) < 4.78 is 5.11. The number of oxazole rings is 1. The molecule has 0 bridgehead atoms. The van der Waals surface area contributed by atoms with Gasteiger partial charge in [-0.3, -0.25) is 14.6 Å². The molecule has 5 nitrogen and oxygen atoms in total. The van der Waals surface area contributed by atoms with Gasteiger partial charge in [-0.05, 0) is 19.1 Å². The van der Waals surface area contributed by atoms with Crippen molar-refractivity contribution in [2.24, 2.45) is 0 Å². The monoisotopic (exact) mass is 216 g/mol. The Kier molecular flexibility index (Phi) is 2.59. The van der Waals surface area contributed by atoms with Gasteiger partial charge in [-0.2, -0.15) is 0 Å². The van der Waals surface area contributed by atoms with Gasteiger partial charge < -0.3 is 4.42 Å². The molecule has 5 heteroatoms. The summed E-state index contributed by atoms with van der Waals surface area (Å²) in [5.74, 6) is -0.392. The lowest BCUT2D eigenvalue weighted by molar-refractivity contribution is -0.104. The number of ketones is 1. The predicted octanol–water partition coefficient (Wildman–Crippen LogP) is 1.43. The third kappa shape index (κ3) is 1.88. The van der Waals surface area contributed by atoms with Gasteiger partial charge in [0, 0.05) is 17.5 Å². The molecular formula is C11H8N2O3. The van der Waals surface area contributed by atoms with E-state index in [1.165, 1.54) is 6.26 Å². The van der Waals surface area contributed by atoms with E-state index in [1.807, 2.05) is 6.92 Å². The number of hydrogen-bond acceptors (Lipinski definition) is 5. The summed E-state index contributed by atoms with van der Waals surface area (Å²) in [5.41, 5.74) is 1.55. The Labute approximate surface area is 91.1 Å². The largest absolute Gasteiger partial charge is 0.444 e. The highest BCUT2D eigenvalue weighted by molar-refractivity contribution is 6.32. The van der Waals surface area contributed by atoms with Crippen LogP contribution in [-0.4, -0.2) is 22.0 Å². The summed E-state index contributed by atoms with van der Waals surface area (Å²) in [4.78, 5) is 29.2. The summed E-state index contributed by atoms with van der Waals surface area (Å²) in [5, 5.41) is 0. The zero-order valence-electron chi connectivity index (χ0n) is 8.51. The van der Waals surface area contributed by atoms with Crippen LogP contribution in [0.25, 0.3) is 11.5 Å². The van der Waals surface area contributed by atoms with E-state index >= 15 is 0 Å². The lowest BCUT2D eigenvalue weighted by Gasteiger charge is -1.95. The molecular weight excluding hydrogens is 208 g/mol. The molecule has 0 spiro atoms. The van der Waals surface area contributed by atoms with Crippen LogP contribution in [-0.2, 0) is 4.79 Å². The van der Waals surface area contributed by atoms with E-state index in [-0.39, 0.29) is 12.0 Å². The van der Waals surface area contributed by atoms with E-state index in [0.717, 1.165) is 11.3 Å². The van der Waals surface area contributed by atoms with E-state index in [4.69, 9.17) is 4.42 Å². The van der Waals surface area contributed by atoms with Crippen molar-refractivity contribution in [1.29, 1.82) is 0 Å². The molecule has 80 valence electrons. The number of aromatic nitrogens is 2. The summed E-state index contributed by atoms with van der Waals surface area (Å²) in [6, 6.07) is 3.50. The van der Waals surface area contributed by atoms with Gasteiger partial charge in [-0.25, -0.2) is 4.98 Å². The lowest BCUT2D eigenvalue weighted by Crippen LogP contribution is -1.99. The third-order valence-corrected chi connectivity index (χ3v) is 2.01. The van der Waals surface area contributed by atoms with Crippen LogP contribution in [0.1, 0.15) is 16.2 Å². The maximum absolute atomic E-state index is 11.0. The number of carbonyl (C=O) groups excluding carboxylic acids is 2. The number of aldehydes is 1. The van der Waals surface area contributed by atoms with E-state index in [2.05, 4.69) is 9.97 Å². The highest BCUT2D eigenvalue weighted by Gasteiger charge is 2.12. The van der Waals surface area contributed by atoms with Gasteiger partial charge in [0.1, 0.15) is 6.26 Å². The van der Waals surface area contributed by atoms with Crippen molar-refractivity contribution in [3.63, 3.8) is 0 Å². The van der Waals surface area contributed by atoms with Crippen LogP contribution in [0.5, 0.6) is 0 Å². The topological polar surface area (TPSA) is 73.1 Å². The number of aryl methyl sites for hydroxylation is 1. The molecule has 0 atom stereocenters. The summed E-state index contributed by atoms with van der Waals surface area (Å²) in [7, 11) is 0. The second-order valence-corrected chi connectivity index (χ2v) is 3.21. The molecule has 2 rings (SSSR count). The van der Waals surface area contributed by atoms with Crippen molar-refractivity contribution in [3.8, 4) is 11.5 Å². The molecule has 0 aliphatic rings. The predicted molar refractivity (Wildman–Crippen MR) is 54.9 cm³/mol. The van der Waals surface area contributed by atoms with Crippen LogP contribution < -0.4 is 0 Å². The van der Waals surface area contributed by atoms with E-state index in [1.54, 1.807) is 18.3 Å². The van der Waals surface area contributed by atoms with Crippen LogP contribution in [0.3, 0.4) is 0 Å². The average Bonchev–Trinajstić information content (AvgIpc) is 2.77. The van der Waals surface area contributed by atoms with Gasteiger partial charge in [-0.15, -0.1) is 0 Å². The molecule has 0 unspecified atom stereocenters. The Bertz CT molecular complexity index is 546. The minimum absolute atomic E-state index is 0.0134. The number of pyridine rings is 1. The van der Waals surface area contributed by atoms with Gasteiger partial charge >= 0.3 is 0 Å². The number of rotatable bonds is 3. The molecule has 16 heavy (non-hydrogen) atoms. The molecule has 2 aromatic heterocycles. The number of hydrogen-bond donors (Lipinski definition) is 0. The zero-order chi connectivity index (χ0) is 11.5. The van der Waals surface area contributed by atoms with Crippen molar-refractivity contribution >= 4 is 12.1 Å². The molecule has 0 aliphatic carbocycles. The third-order valence-electron chi connectivity index (χ3n) is 2.01. The number of Topliss-reactive ketones (excluding diaryl/α,β-unsaturated/α-hetero) is 1. The molecule has 0 N–H and O–H groups in total.